The number of morpholine rings is 1. The number of benzene rings is 2. The Hall–Kier alpha value is -3.29. The van der Waals surface area contributed by atoms with Crippen molar-refractivity contribution in [3.8, 4) is 22.8 Å². The van der Waals surface area contributed by atoms with Gasteiger partial charge < -0.3 is 29.2 Å². The molecule has 3 heterocycles. The van der Waals surface area contributed by atoms with Crippen LogP contribution >= 0.6 is 0 Å². The number of hydrogen-bond acceptors (Lipinski definition) is 6. The molecule has 2 fully saturated rings. The first-order valence-corrected chi connectivity index (χ1v) is 13.9. The fraction of sp³-hybridized carbons (Fsp3) is 0.452. The van der Waals surface area contributed by atoms with Crippen LogP contribution in [0.15, 0.2) is 53.3 Å². The van der Waals surface area contributed by atoms with Crippen molar-refractivity contribution in [2.24, 2.45) is 0 Å². The van der Waals surface area contributed by atoms with Crippen LogP contribution in [0.25, 0.3) is 11.3 Å². The Morgan fingerprint density at radius 2 is 1.66 bits per heavy atom. The van der Waals surface area contributed by atoms with Gasteiger partial charge in [0.05, 0.1) is 18.9 Å². The van der Waals surface area contributed by atoms with E-state index in [2.05, 4.69) is 77.2 Å². The van der Waals surface area contributed by atoms with Gasteiger partial charge >= 0.3 is 0 Å². The molecule has 1 aromatic heterocycles. The number of aromatic amines is 1. The van der Waals surface area contributed by atoms with Crippen molar-refractivity contribution in [2.45, 2.75) is 44.2 Å². The average molecular weight is 515 g/mol. The Morgan fingerprint density at radius 3 is 2.42 bits per heavy atom. The van der Waals surface area contributed by atoms with Crippen molar-refractivity contribution in [1.29, 1.82) is 0 Å². The van der Waals surface area contributed by atoms with Gasteiger partial charge in [-0.1, -0.05) is 12.1 Å². The van der Waals surface area contributed by atoms with Gasteiger partial charge in [-0.05, 0) is 75.7 Å². The summed E-state index contributed by atoms with van der Waals surface area (Å²) in [5.74, 6) is 1.72. The van der Waals surface area contributed by atoms with Crippen LogP contribution in [0.5, 0.6) is 11.5 Å². The predicted octanol–water partition coefficient (Wildman–Crippen LogP) is 4.88. The molecular weight excluding hydrogens is 476 g/mol. The smallest absolute Gasteiger partial charge is 0.250 e. The summed E-state index contributed by atoms with van der Waals surface area (Å²) in [7, 11) is 6.62. The summed E-state index contributed by atoms with van der Waals surface area (Å²) in [4.78, 5) is 22.7. The molecule has 2 aliphatic heterocycles. The molecule has 3 aromatic rings. The van der Waals surface area contributed by atoms with Gasteiger partial charge in [-0.15, -0.1) is 0 Å². The Balaban J connectivity index is 1.24. The number of anilines is 2. The van der Waals surface area contributed by atoms with Crippen molar-refractivity contribution >= 4 is 11.4 Å². The van der Waals surface area contributed by atoms with Gasteiger partial charge in [-0.2, -0.15) is 0 Å². The number of nitrogens with zero attached hydrogens (tertiary/aromatic N) is 3. The summed E-state index contributed by atoms with van der Waals surface area (Å²) in [6, 6.07) is 17.8. The number of rotatable bonds is 5. The molecule has 7 heteroatoms. The molecule has 0 unspecified atom stereocenters. The highest BCUT2D eigenvalue weighted by atomic mass is 16.5. The SMILES string of the molecule is CN(C)C1CCC(N(C)c2ccc3c(c2)Cc2cccc(-c4cc(N5CCOCC5)cc(=O)[nH]4)c2O3)CC1. The van der Waals surface area contributed by atoms with Crippen molar-refractivity contribution in [2.75, 3.05) is 57.2 Å². The summed E-state index contributed by atoms with van der Waals surface area (Å²) >= 11 is 0. The maximum Gasteiger partial charge on any atom is 0.250 e. The lowest BCUT2D eigenvalue weighted by molar-refractivity contribution is 0.122. The summed E-state index contributed by atoms with van der Waals surface area (Å²) < 4.78 is 12.0. The highest BCUT2D eigenvalue weighted by molar-refractivity contribution is 5.74. The summed E-state index contributed by atoms with van der Waals surface area (Å²) in [6.45, 7) is 2.93. The Labute approximate surface area is 225 Å². The molecule has 1 N–H and O–H groups in total. The van der Waals surface area contributed by atoms with Crippen molar-refractivity contribution in [3.05, 3.63) is 70.0 Å². The highest BCUT2D eigenvalue weighted by Gasteiger charge is 2.27. The largest absolute Gasteiger partial charge is 0.456 e. The Bertz CT molecular complexity index is 1350. The van der Waals surface area contributed by atoms with E-state index in [0.29, 0.717) is 25.3 Å². The zero-order valence-electron chi connectivity index (χ0n) is 22.7. The third-order valence-electron chi connectivity index (χ3n) is 8.58. The zero-order chi connectivity index (χ0) is 26.2. The number of H-pyrrole nitrogens is 1. The van der Waals surface area contributed by atoms with Crippen molar-refractivity contribution in [3.63, 3.8) is 0 Å². The van der Waals surface area contributed by atoms with E-state index >= 15 is 0 Å². The van der Waals surface area contributed by atoms with E-state index in [9.17, 15) is 4.79 Å². The fourth-order valence-corrected chi connectivity index (χ4v) is 6.25. The van der Waals surface area contributed by atoms with Gasteiger partial charge in [0.1, 0.15) is 11.5 Å². The number of pyridine rings is 1. The minimum absolute atomic E-state index is 0.106. The quantitative estimate of drug-likeness (QED) is 0.410. The van der Waals surface area contributed by atoms with E-state index in [1.807, 2.05) is 6.07 Å². The Morgan fingerprint density at radius 1 is 0.895 bits per heavy atom. The molecule has 2 aromatic carbocycles. The van der Waals surface area contributed by atoms with Gasteiger partial charge in [0.25, 0.3) is 0 Å². The molecule has 0 bridgehead atoms. The Kier molecular flexibility index (Phi) is 6.89. The van der Waals surface area contributed by atoms with Gasteiger partial charge in [0.2, 0.25) is 5.56 Å². The number of hydrogen-bond donors (Lipinski definition) is 1. The average Bonchev–Trinajstić information content (AvgIpc) is 2.95. The first-order chi connectivity index (χ1) is 18.5. The van der Waals surface area contributed by atoms with Crippen LogP contribution in [0.3, 0.4) is 0 Å². The van der Waals surface area contributed by atoms with Crippen LogP contribution in [0, 0.1) is 0 Å². The molecule has 0 atom stereocenters. The monoisotopic (exact) mass is 514 g/mol. The third kappa shape index (κ3) is 4.93. The number of para-hydroxylation sites is 1. The van der Waals surface area contributed by atoms with Gasteiger partial charge in [-0.25, -0.2) is 0 Å². The lowest BCUT2D eigenvalue weighted by atomic mass is 9.89. The summed E-state index contributed by atoms with van der Waals surface area (Å²) in [5, 5.41) is 0. The van der Waals surface area contributed by atoms with E-state index in [1.54, 1.807) is 6.07 Å². The van der Waals surface area contributed by atoms with Gasteiger partial charge in [-0.3, -0.25) is 4.79 Å². The molecule has 200 valence electrons. The molecule has 7 nitrogen and oxygen atoms in total. The summed E-state index contributed by atoms with van der Waals surface area (Å²) in [6.07, 6.45) is 5.75. The normalized spacial score (nSPS) is 21.0. The third-order valence-corrected chi connectivity index (χ3v) is 8.58. The van der Waals surface area contributed by atoms with Crippen LogP contribution in [-0.2, 0) is 11.2 Å². The van der Waals surface area contributed by atoms with E-state index in [0.717, 1.165) is 53.5 Å². The zero-order valence-corrected chi connectivity index (χ0v) is 22.7. The second-order valence-corrected chi connectivity index (χ2v) is 11.1. The molecule has 1 saturated carbocycles. The molecular formula is C31H38N4O3. The van der Waals surface area contributed by atoms with Crippen LogP contribution in [-0.4, -0.2) is 69.4 Å². The number of nitrogens with one attached hydrogen (secondary N) is 1. The molecule has 1 saturated heterocycles. The van der Waals surface area contributed by atoms with Crippen LogP contribution < -0.4 is 20.1 Å². The van der Waals surface area contributed by atoms with E-state index in [1.165, 1.54) is 36.9 Å². The molecule has 0 spiro atoms. The van der Waals surface area contributed by atoms with E-state index < -0.39 is 0 Å². The summed E-state index contributed by atoms with van der Waals surface area (Å²) in [5.41, 5.74) is 6.11. The van der Waals surface area contributed by atoms with E-state index in [4.69, 9.17) is 9.47 Å². The second-order valence-electron chi connectivity index (χ2n) is 11.1. The molecule has 0 radical (unpaired) electrons. The van der Waals surface area contributed by atoms with Crippen LogP contribution in [0.2, 0.25) is 0 Å². The van der Waals surface area contributed by atoms with Crippen LogP contribution in [0.1, 0.15) is 36.8 Å². The molecule has 0 amide bonds. The van der Waals surface area contributed by atoms with Gasteiger partial charge in [0, 0.05) is 67.2 Å². The first-order valence-electron chi connectivity index (χ1n) is 13.9. The number of ether oxygens (including phenoxy) is 2. The number of aromatic nitrogens is 1. The molecule has 6 rings (SSSR count). The predicted molar refractivity (Wildman–Crippen MR) is 153 cm³/mol. The lowest BCUT2D eigenvalue weighted by Crippen LogP contribution is -2.40. The second kappa shape index (κ2) is 10.5. The standard InChI is InChI=1S/C31H38N4O3/c1-33(2)23-7-9-24(10-8-23)34(3)25-11-12-29-22(18-25)17-21-5-4-6-27(31(21)38-29)28-19-26(20-30(36)32-28)35-13-15-37-16-14-35/h4-6,11-12,18-20,23-24H,7-10,13-17H2,1-3H3,(H,32,36). The van der Waals surface area contributed by atoms with Gasteiger partial charge in [0.15, 0.2) is 0 Å². The first kappa shape index (κ1) is 25.0. The molecule has 1 aliphatic carbocycles. The highest BCUT2D eigenvalue weighted by Crippen LogP contribution is 2.44. The molecule has 3 aliphatic rings. The minimum Gasteiger partial charge on any atom is -0.456 e. The van der Waals surface area contributed by atoms with Crippen LogP contribution in [0.4, 0.5) is 11.4 Å². The minimum atomic E-state index is -0.106. The maximum atomic E-state index is 12.6. The van der Waals surface area contributed by atoms with Crippen molar-refractivity contribution < 1.29 is 9.47 Å². The molecule has 38 heavy (non-hydrogen) atoms. The fourth-order valence-electron chi connectivity index (χ4n) is 6.25. The maximum absolute atomic E-state index is 12.6. The van der Waals surface area contributed by atoms with Crippen molar-refractivity contribution in [1.82, 2.24) is 9.88 Å². The topological polar surface area (TPSA) is 61.0 Å². The lowest BCUT2D eigenvalue weighted by Gasteiger charge is -2.38. The number of fused-ring (bicyclic) bond motifs is 2. The van der Waals surface area contributed by atoms with E-state index in [-0.39, 0.29) is 5.56 Å².